The third-order valence-corrected chi connectivity index (χ3v) is 2.18. The van der Waals surface area contributed by atoms with Crippen molar-refractivity contribution in [3.63, 3.8) is 0 Å². The number of urea groups is 1. The maximum atomic E-state index is 11.4. The van der Waals surface area contributed by atoms with Crippen molar-refractivity contribution in [2.75, 3.05) is 7.11 Å². The summed E-state index contributed by atoms with van der Waals surface area (Å²) < 4.78 is 4.39. The number of hydrogen-bond acceptors (Lipinski definition) is 4. The number of carboxylic acids is 1. The van der Waals surface area contributed by atoms with Gasteiger partial charge in [-0.2, -0.15) is 0 Å². The normalized spacial score (nSPS) is 13.0. The predicted octanol–water partition coefficient (Wildman–Crippen LogP) is 0.267. The molecule has 0 aliphatic heterocycles. The van der Waals surface area contributed by atoms with Crippen molar-refractivity contribution in [2.24, 2.45) is 0 Å². The molecule has 0 saturated heterocycles. The molecule has 0 fully saturated rings. The van der Waals surface area contributed by atoms with Crippen LogP contribution in [0.2, 0.25) is 0 Å². The second kappa shape index (κ2) is 8.10. The molecule has 0 aliphatic rings. The number of carbonyl (C=O) groups is 3. The highest BCUT2D eigenvalue weighted by molar-refractivity contribution is 5.83. The fourth-order valence-electron chi connectivity index (χ4n) is 1.09. The van der Waals surface area contributed by atoms with Crippen molar-refractivity contribution < 1.29 is 24.2 Å². The average molecular weight is 258 g/mol. The van der Waals surface area contributed by atoms with Gasteiger partial charge in [0.1, 0.15) is 6.04 Å². The van der Waals surface area contributed by atoms with Gasteiger partial charge in [-0.25, -0.2) is 9.59 Å². The van der Waals surface area contributed by atoms with Gasteiger partial charge in [0.15, 0.2) is 0 Å². The molecule has 3 N–H and O–H groups in total. The number of nitrogens with one attached hydrogen (secondary N) is 2. The number of amides is 2. The zero-order valence-corrected chi connectivity index (χ0v) is 10.4. The lowest BCUT2D eigenvalue weighted by atomic mass is 10.1. The minimum Gasteiger partial charge on any atom is -0.480 e. The van der Waals surface area contributed by atoms with Crippen molar-refractivity contribution >= 4 is 18.0 Å². The van der Waals surface area contributed by atoms with E-state index in [9.17, 15) is 14.4 Å². The van der Waals surface area contributed by atoms with Crippen LogP contribution in [-0.4, -0.2) is 42.3 Å². The van der Waals surface area contributed by atoms with E-state index in [1.54, 1.807) is 6.92 Å². The number of hydrogen-bond donors (Lipinski definition) is 3. The van der Waals surface area contributed by atoms with Crippen LogP contribution in [0.1, 0.15) is 19.8 Å². The molecule has 0 saturated carbocycles. The van der Waals surface area contributed by atoms with Crippen LogP contribution in [0, 0.1) is 0 Å². The minimum absolute atomic E-state index is 0.0299. The number of ether oxygens (including phenoxy) is 1. The molecular weight excluding hydrogens is 240 g/mol. The molecular formula is C11H18N2O5. The second-order valence-corrected chi connectivity index (χ2v) is 3.65. The molecule has 0 bridgehead atoms. The molecule has 0 aliphatic carbocycles. The van der Waals surface area contributed by atoms with Gasteiger partial charge in [-0.15, -0.1) is 6.58 Å². The Morgan fingerprint density at radius 2 is 2.00 bits per heavy atom. The molecule has 0 aromatic carbocycles. The maximum absolute atomic E-state index is 11.4. The van der Waals surface area contributed by atoms with Crippen LogP contribution in [0.3, 0.4) is 0 Å². The van der Waals surface area contributed by atoms with Crippen LogP contribution >= 0.6 is 0 Å². The summed E-state index contributed by atoms with van der Waals surface area (Å²) in [4.78, 5) is 33.2. The lowest BCUT2D eigenvalue weighted by Gasteiger charge is -2.16. The highest BCUT2D eigenvalue weighted by Gasteiger charge is 2.21. The van der Waals surface area contributed by atoms with E-state index in [1.165, 1.54) is 13.2 Å². The summed E-state index contributed by atoms with van der Waals surface area (Å²) in [5.41, 5.74) is 0. The average Bonchev–Trinajstić information content (AvgIpc) is 2.33. The van der Waals surface area contributed by atoms with Crippen molar-refractivity contribution in [3.05, 3.63) is 12.7 Å². The Labute approximate surface area is 105 Å². The number of rotatable bonds is 7. The van der Waals surface area contributed by atoms with Crippen molar-refractivity contribution in [1.29, 1.82) is 0 Å². The number of carbonyl (C=O) groups excluding carboxylic acids is 2. The molecule has 7 heteroatoms. The summed E-state index contributed by atoms with van der Waals surface area (Å²) in [7, 11) is 1.21. The van der Waals surface area contributed by atoms with Gasteiger partial charge in [-0.1, -0.05) is 6.08 Å². The second-order valence-electron chi connectivity index (χ2n) is 3.65. The van der Waals surface area contributed by atoms with Crippen molar-refractivity contribution in [2.45, 2.75) is 31.8 Å². The molecule has 0 radical (unpaired) electrons. The SMILES string of the molecule is C=CC(C)NC(=O)N[C@@H](CCC(=O)OC)C(=O)O. The van der Waals surface area contributed by atoms with E-state index in [-0.39, 0.29) is 18.9 Å². The summed E-state index contributed by atoms with van der Waals surface area (Å²) >= 11 is 0. The quantitative estimate of drug-likeness (QED) is 0.449. The van der Waals surface area contributed by atoms with Crippen molar-refractivity contribution in [1.82, 2.24) is 10.6 Å². The van der Waals surface area contributed by atoms with Crippen molar-refractivity contribution in [3.8, 4) is 0 Å². The van der Waals surface area contributed by atoms with Gasteiger partial charge < -0.3 is 20.5 Å². The Hall–Kier alpha value is -2.05. The van der Waals surface area contributed by atoms with E-state index in [2.05, 4.69) is 21.9 Å². The van der Waals surface area contributed by atoms with Gasteiger partial charge in [-0.05, 0) is 13.3 Å². The van der Waals surface area contributed by atoms with Gasteiger partial charge in [0.05, 0.1) is 7.11 Å². The third kappa shape index (κ3) is 6.51. The third-order valence-electron chi connectivity index (χ3n) is 2.18. The minimum atomic E-state index is -1.21. The first kappa shape index (κ1) is 16.0. The number of methoxy groups -OCH3 is 1. The fourth-order valence-corrected chi connectivity index (χ4v) is 1.09. The maximum Gasteiger partial charge on any atom is 0.326 e. The number of carboxylic acid groups (broad SMARTS) is 1. The molecule has 0 aromatic rings. The lowest BCUT2D eigenvalue weighted by molar-refractivity contribution is -0.142. The first-order valence-corrected chi connectivity index (χ1v) is 5.40. The van der Waals surface area contributed by atoms with Crippen LogP contribution in [-0.2, 0) is 14.3 Å². The molecule has 0 heterocycles. The van der Waals surface area contributed by atoms with Crippen LogP contribution in [0.25, 0.3) is 0 Å². The Morgan fingerprint density at radius 1 is 1.39 bits per heavy atom. The topological polar surface area (TPSA) is 105 Å². The molecule has 0 rings (SSSR count). The first-order chi connectivity index (χ1) is 8.40. The van der Waals surface area contributed by atoms with Crippen LogP contribution < -0.4 is 10.6 Å². The summed E-state index contributed by atoms with van der Waals surface area (Å²) in [6, 6.07) is -2.04. The Morgan fingerprint density at radius 3 is 2.44 bits per heavy atom. The van der Waals surface area contributed by atoms with Gasteiger partial charge >= 0.3 is 18.0 Å². The van der Waals surface area contributed by atoms with Crippen LogP contribution in [0.4, 0.5) is 4.79 Å². The van der Waals surface area contributed by atoms with E-state index >= 15 is 0 Å². The van der Waals surface area contributed by atoms with Gasteiger partial charge in [0.25, 0.3) is 0 Å². The van der Waals surface area contributed by atoms with E-state index in [0.717, 1.165) is 0 Å². The predicted molar refractivity (Wildman–Crippen MR) is 64.0 cm³/mol. The first-order valence-electron chi connectivity index (χ1n) is 5.40. The zero-order chi connectivity index (χ0) is 14.1. The van der Waals surface area contributed by atoms with Gasteiger partial charge in [-0.3, -0.25) is 4.79 Å². The molecule has 18 heavy (non-hydrogen) atoms. The monoisotopic (exact) mass is 258 g/mol. The Bertz CT molecular complexity index is 329. The summed E-state index contributed by atoms with van der Waals surface area (Å²) in [6.07, 6.45) is 1.40. The summed E-state index contributed by atoms with van der Waals surface area (Å²) in [5, 5.41) is 13.6. The standard InChI is InChI=1S/C11H18N2O5/c1-4-7(2)12-11(17)13-8(10(15)16)5-6-9(14)18-3/h4,7-8H,1,5-6H2,2-3H3,(H,15,16)(H2,12,13,17)/t7?,8-/m0/s1. The lowest BCUT2D eigenvalue weighted by Crippen LogP contribution is -2.48. The molecule has 0 spiro atoms. The highest BCUT2D eigenvalue weighted by Crippen LogP contribution is 1.99. The molecule has 2 atom stereocenters. The fraction of sp³-hybridized carbons (Fsp3) is 0.545. The summed E-state index contributed by atoms with van der Waals surface area (Å²) in [5.74, 6) is -1.73. The van der Waals surface area contributed by atoms with E-state index in [4.69, 9.17) is 5.11 Å². The Balaban J connectivity index is 4.27. The number of aliphatic carboxylic acids is 1. The summed E-state index contributed by atoms with van der Waals surface area (Å²) in [6.45, 7) is 5.17. The molecule has 102 valence electrons. The van der Waals surface area contributed by atoms with E-state index in [0.29, 0.717) is 0 Å². The van der Waals surface area contributed by atoms with E-state index in [1.807, 2.05) is 0 Å². The van der Waals surface area contributed by atoms with Crippen LogP contribution in [0.15, 0.2) is 12.7 Å². The smallest absolute Gasteiger partial charge is 0.326 e. The van der Waals surface area contributed by atoms with Gasteiger partial charge in [0, 0.05) is 12.5 Å². The zero-order valence-electron chi connectivity index (χ0n) is 10.4. The highest BCUT2D eigenvalue weighted by atomic mass is 16.5. The molecule has 0 aromatic heterocycles. The largest absolute Gasteiger partial charge is 0.480 e. The Kier molecular flexibility index (Phi) is 7.18. The number of esters is 1. The molecule has 1 unspecified atom stereocenters. The molecule has 7 nitrogen and oxygen atoms in total. The van der Waals surface area contributed by atoms with Gasteiger partial charge in [0.2, 0.25) is 0 Å². The molecule has 2 amide bonds. The van der Waals surface area contributed by atoms with Crippen LogP contribution in [0.5, 0.6) is 0 Å². The van der Waals surface area contributed by atoms with E-state index < -0.39 is 24.0 Å².